The smallest absolute Gasteiger partial charge is 0.329 e. The van der Waals surface area contributed by atoms with Crippen molar-refractivity contribution in [3.8, 4) is 17.2 Å². The Kier molecular flexibility index (Phi) is 9.87. The molecule has 166 valence electrons. The Morgan fingerprint density at radius 3 is 2.29 bits per heavy atom. The largest absolute Gasteiger partial charge is 0.494 e. The molecule has 0 aliphatic carbocycles. The molecule has 0 aliphatic heterocycles. The average Bonchev–Trinajstić information content (AvgIpc) is 2.77. The Morgan fingerprint density at radius 2 is 1.61 bits per heavy atom. The SMILES string of the molecule is CCCCOc1ccc(NC(=O)C(=O)N/N=C\c2ccc(OCC)cc2OCC)cc1. The summed E-state index contributed by atoms with van der Waals surface area (Å²) in [4.78, 5) is 24.1. The average molecular weight is 428 g/mol. The number of carbonyl (C=O) groups is 2. The lowest BCUT2D eigenvalue weighted by Gasteiger charge is -2.10. The van der Waals surface area contributed by atoms with E-state index in [1.165, 1.54) is 6.21 Å². The van der Waals surface area contributed by atoms with E-state index in [1.54, 1.807) is 42.5 Å². The van der Waals surface area contributed by atoms with E-state index in [2.05, 4.69) is 22.8 Å². The number of hydrazone groups is 1. The highest BCUT2D eigenvalue weighted by Gasteiger charge is 2.13. The fourth-order valence-corrected chi connectivity index (χ4v) is 2.53. The van der Waals surface area contributed by atoms with Crippen molar-refractivity contribution in [1.29, 1.82) is 0 Å². The van der Waals surface area contributed by atoms with E-state index < -0.39 is 11.8 Å². The highest BCUT2D eigenvalue weighted by molar-refractivity contribution is 6.39. The van der Waals surface area contributed by atoms with Gasteiger partial charge in [0.1, 0.15) is 17.2 Å². The van der Waals surface area contributed by atoms with E-state index in [-0.39, 0.29) is 0 Å². The standard InChI is InChI=1S/C23H29N3O5/c1-4-7-14-31-19-12-9-18(10-13-19)25-22(27)23(28)26-24-16-17-8-11-20(29-5-2)15-21(17)30-6-3/h8-13,15-16H,4-7,14H2,1-3H3,(H,25,27)(H,26,28)/b24-16-. The molecule has 8 heteroatoms. The minimum absolute atomic E-state index is 0.466. The third kappa shape index (κ3) is 8.00. The summed E-state index contributed by atoms with van der Waals surface area (Å²) in [6.45, 7) is 7.50. The second kappa shape index (κ2) is 12.9. The van der Waals surface area contributed by atoms with Crippen LogP contribution in [0.1, 0.15) is 39.2 Å². The predicted octanol–water partition coefficient (Wildman–Crippen LogP) is 3.75. The van der Waals surface area contributed by atoms with Gasteiger partial charge in [-0.15, -0.1) is 0 Å². The third-order valence-electron chi connectivity index (χ3n) is 4.05. The van der Waals surface area contributed by atoms with Crippen LogP contribution in [0.2, 0.25) is 0 Å². The number of hydrogen-bond donors (Lipinski definition) is 2. The summed E-state index contributed by atoms with van der Waals surface area (Å²) in [5.74, 6) is 0.239. The van der Waals surface area contributed by atoms with E-state index in [4.69, 9.17) is 14.2 Å². The van der Waals surface area contributed by atoms with Crippen LogP contribution >= 0.6 is 0 Å². The van der Waals surface area contributed by atoms with Crippen molar-refractivity contribution in [2.45, 2.75) is 33.6 Å². The van der Waals surface area contributed by atoms with Crippen LogP contribution in [0.3, 0.4) is 0 Å². The first-order valence-electron chi connectivity index (χ1n) is 10.3. The Hall–Kier alpha value is -3.55. The fourth-order valence-electron chi connectivity index (χ4n) is 2.53. The van der Waals surface area contributed by atoms with E-state index in [9.17, 15) is 9.59 Å². The maximum atomic E-state index is 12.1. The molecule has 31 heavy (non-hydrogen) atoms. The molecule has 2 aromatic carbocycles. The van der Waals surface area contributed by atoms with Crippen molar-refractivity contribution < 1.29 is 23.8 Å². The zero-order chi connectivity index (χ0) is 22.5. The number of anilines is 1. The van der Waals surface area contributed by atoms with Crippen molar-refractivity contribution in [2.75, 3.05) is 25.1 Å². The molecule has 0 aromatic heterocycles. The number of rotatable bonds is 11. The maximum absolute atomic E-state index is 12.1. The molecule has 0 aliphatic rings. The lowest BCUT2D eigenvalue weighted by atomic mass is 10.2. The predicted molar refractivity (Wildman–Crippen MR) is 120 cm³/mol. The minimum Gasteiger partial charge on any atom is -0.494 e. The van der Waals surface area contributed by atoms with Crippen molar-refractivity contribution in [3.63, 3.8) is 0 Å². The normalized spacial score (nSPS) is 10.5. The van der Waals surface area contributed by atoms with Crippen LogP contribution in [0.15, 0.2) is 47.6 Å². The monoisotopic (exact) mass is 427 g/mol. The zero-order valence-corrected chi connectivity index (χ0v) is 18.1. The molecule has 0 bridgehead atoms. The van der Waals surface area contributed by atoms with E-state index in [0.29, 0.717) is 48.3 Å². The molecule has 8 nitrogen and oxygen atoms in total. The zero-order valence-electron chi connectivity index (χ0n) is 18.1. The molecule has 2 N–H and O–H groups in total. The summed E-state index contributed by atoms with van der Waals surface area (Å²) in [5, 5.41) is 6.37. The van der Waals surface area contributed by atoms with Gasteiger partial charge in [0.05, 0.1) is 26.0 Å². The van der Waals surface area contributed by atoms with Crippen molar-refractivity contribution in [2.24, 2.45) is 5.10 Å². The Labute approximate surface area is 182 Å². The van der Waals surface area contributed by atoms with Crippen LogP contribution in [0.25, 0.3) is 0 Å². The van der Waals surface area contributed by atoms with Gasteiger partial charge < -0.3 is 19.5 Å². The van der Waals surface area contributed by atoms with Gasteiger partial charge in [0.2, 0.25) is 0 Å². The van der Waals surface area contributed by atoms with E-state index in [0.717, 1.165) is 12.8 Å². The van der Waals surface area contributed by atoms with Gasteiger partial charge >= 0.3 is 11.8 Å². The number of hydrogen-bond acceptors (Lipinski definition) is 6. The number of amides is 2. The maximum Gasteiger partial charge on any atom is 0.329 e. The van der Waals surface area contributed by atoms with Gasteiger partial charge in [-0.3, -0.25) is 9.59 Å². The summed E-state index contributed by atoms with van der Waals surface area (Å²) < 4.78 is 16.6. The van der Waals surface area contributed by atoms with Gasteiger partial charge in [-0.2, -0.15) is 5.10 Å². The van der Waals surface area contributed by atoms with E-state index in [1.807, 2.05) is 13.8 Å². The van der Waals surface area contributed by atoms with Crippen molar-refractivity contribution in [1.82, 2.24) is 5.43 Å². The molecule has 0 saturated carbocycles. The van der Waals surface area contributed by atoms with Gasteiger partial charge in [0, 0.05) is 17.3 Å². The summed E-state index contributed by atoms with van der Waals surface area (Å²) in [6, 6.07) is 12.1. The third-order valence-corrected chi connectivity index (χ3v) is 4.05. The summed E-state index contributed by atoms with van der Waals surface area (Å²) >= 11 is 0. The quantitative estimate of drug-likeness (QED) is 0.246. The Bertz CT molecular complexity index is 881. The molecular weight excluding hydrogens is 398 g/mol. The highest BCUT2D eigenvalue weighted by atomic mass is 16.5. The number of carbonyl (C=O) groups excluding carboxylic acids is 2. The first kappa shape index (κ1) is 23.7. The second-order valence-electron chi connectivity index (χ2n) is 6.45. The topological polar surface area (TPSA) is 98.2 Å². The molecule has 0 heterocycles. The van der Waals surface area contributed by atoms with E-state index >= 15 is 0 Å². The van der Waals surface area contributed by atoms with Gasteiger partial charge in [0.15, 0.2) is 0 Å². The van der Waals surface area contributed by atoms with Crippen LogP contribution in [-0.4, -0.2) is 37.8 Å². The molecule has 0 fully saturated rings. The number of nitrogens with zero attached hydrogens (tertiary/aromatic N) is 1. The highest BCUT2D eigenvalue weighted by Crippen LogP contribution is 2.24. The molecule has 0 radical (unpaired) electrons. The minimum atomic E-state index is -0.886. The lowest BCUT2D eigenvalue weighted by molar-refractivity contribution is -0.136. The summed E-state index contributed by atoms with van der Waals surface area (Å²) in [6.07, 6.45) is 3.44. The second-order valence-corrected chi connectivity index (χ2v) is 6.45. The molecule has 0 unspecified atom stereocenters. The molecule has 0 spiro atoms. The van der Waals surface area contributed by atoms with Crippen LogP contribution in [0.4, 0.5) is 5.69 Å². The summed E-state index contributed by atoms with van der Waals surface area (Å²) in [5.41, 5.74) is 3.34. The van der Waals surface area contributed by atoms with Crippen molar-refractivity contribution in [3.05, 3.63) is 48.0 Å². The van der Waals surface area contributed by atoms with Crippen LogP contribution in [-0.2, 0) is 9.59 Å². The van der Waals surface area contributed by atoms with Gasteiger partial charge in [-0.25, -0.2) is 5.43 Å². The molecule has 2 rings (SSSR count). The Balaban J connectivity index is 1.90. The Morgan fingerprint density at radius 1 is 0.903 bits per heavy atom. The molecule has 2 amide bonds. The van der Waals surface area contributed by atoms with Crippen molar-refractivity contribution >= 4 is 23.7 Å². The number of nitrogens with one attached hydrogen (secondary N) is 2. The lowest BCUT2D eigenvalue weighted by Crippen LogP contribution is -2.32. The molecule has 0 saturated heterocycles. The van der Waals surface area contributed by atoms with Crippen LogP contribution < -0.4 is 25.0 Å². The van der Waals surface area contributed by atoms with Gasteiger partial charge in [-0.1, -0.05) is 13.3 Å². The number of benzene rings is 2. The first-order chi connectivity index (χ1) is 15.1. The first-order valence-corrected chi connectivity index (χ1v) is 10.3. The van der Waals surface area contributed by atoms with Crippen LogP contribution in [0.5, 0.6) is 17.2 Å². The molecule has 2 aromatic rings. The molecular formula is C23H29N3O5. The number of ether oxygens (including phenoxy) is 3. The van der Waals surface area contributed by atoms with Crippen LogP contribution in [0, 0.1) is 0 Å². The molecule has 0 atom stereocenters. The number of unbranched alkanes of at least 4 members (excludes halogenated alkanes) is 1. The van der Waals surface area contributed by atoms with Gasteiger partial charge in [-0.05, 0) is 56.7 Å². The van der Waals surface area contributed by atoms with Gasteiger partial charge in [0.25, 0.3) is 0 Å². The fraction of sp³-hybridized carbons (Fsp3) is 0.348. The summed E-state index contributed by atoms with van der Waals surface area (Å²) in [7, 11) is 0.